The fourth-order valence-corrected chi connectivity index (χ4v) is 4.19. The van der Waals surface area contributed by atoms with E-state index in [0.29, 0.717) is 24.2 Å². The molecule has 2 aliphatic rings. The first-order chi connectivity index (χ1) is 14.5. The van der Waals surface area contributed by atoms with Crippen molar-refractivity contribution in [2.24, 2.45) is 0 Å². The summed E-state index contributed by atoms with van der Waals surface area (Å²) in [7, 11) is 0. The number of fused-ring (bicyclic) bond motifs is 2. The van der Waals surface area contributed by atoms with Crippen LogP contribution in [0.5, 0.6) is 0 Å². The Morgan fingerprint density at radius 2 is 1.87 bits per heavy atom. The predicted molar refractivity (Wildman–Crippen MR) is 105 cm³/mol. The fraction of sp³-hybridized carbons (Fsp3) is 0.273. The number of aliphatic hydroxyl groups is 1. The molecule has 152 valence electrons. The van der Waals surface area contributed by atoms with Gasteiger partial charge < -0.3 is 19.7 Å². The number of carbonyl (C=O) groups is 2. The molecule has 5 rings (SSSR count). The van der Waals surface area contributed by atoms with Crippen LogP contribution in [0.3, 0.4) is 0 Å². The summed E-state index contributed by atoms with van der Waals surface area (Å²) in [4.78, 5) is 29.1. The number of pyridine rings is 1. The maximum absolute atomic E-state index is 12.8. The van der Waals surface area contributed by atoms with Gasteiger partial charge in [0, 0.05) is 29.6 Å². The van der Waals surface area contributed by atoms with Gasteiger partial charge in [0.25, 0.3) is 5.91 Å². The van der Waals surface area contributed by atoms with E-state index in [1.54, 1.807) is 24.5 Å². The molecule has 1 spiro atoms. The summed E-state index contributed by atoms with van der Waals surface area (Å²) in [5, 5.41) is 17.5. The Hall–Kier alpha value is -3.52. The number of esters is 1. The van der Waals surface area contributed by atoms with Gasteiger partial charge >= 0.3 is 5.97 Å². The van der Waals surface area contributed by atoms with Crippen molar-refractivity contribution in [3.05, 3.63) is 66.0 Å². The van der Waals surface area contributed by atoms with Gasteiger partial charge in [-0.2, -0.15) is 0 Å². The van der Waals surface area contributed by atoms with Crippen molar-refractivity contribution in [1.82, 2.24) is 10.1 Å². The molecule has 2 aromatic heterocycles. The predicted octanol–water partition coefficient (Wildman–Crippen LogP) is 3.05. The Bertz CT molecular complexity index is 1120. The molecule has 1 amide bonds. The van der Waals surface area contributed by atoms with Crippen LogP contribution in [0.4, 0.5) is 5.82 Å². The molecular weight excluding hydrogens is 386 g/mol. The second kappa shape index (κ2) is 6.77. The molecule has 0 radical (unpaired) electrons. The van der Waals surface area contributed by atoms with Gasteiger partial charge in [-0.1, -0.05) is 35.5 Å². The van der Waals surface area contributed by atoms with E-state index in [0.717, 1.165) is 11.1 Å². The van der Waals surface area contributed by atoms with E-state index in [2.05, 4.69) is 15.5 Å². The fourth-order valence-electron chi connectivity index (χ4n) is 4.19. The number of benzene rings is 1. The standard InChI is InChI=1S/C22H19N3O5/c26-19-15-6-11-23-13-16(15)22(29-19)9-7-21(28,8-10-22)20(27)24-18-12-17(30-25-18)14-4-2-1-3-5-14/h1-6,11-13,28H,7-10H2,(H,24,25,27). The van der Waals surface area contributed by atoms with Crippen molar-refractivity contribution in [1.29, 1.82) is 0 Å². The summed E-state index contributed by atoms with van der Waals surface area (Å²) in [6.45, 7) is 0. The molecule has 8 nitrogen and oxygen atoms in total. The lowest BCUT2D eigenvalue weighted by Gasteiger charge is -2.40. The summed E-state index contributed by atoms with van der Waals surface area (Å²) >= 11 is 0. The molecule has 3 heterocycles. The monoisotopic (exact) mass is 405 g/mol. The van der Waals surface area contributed by atoms with Gasteiger partial charge in [0.15, 0.2) is 11.6 Å². The highest BCUT2D eigenvalue weighted by Gasteiger charge is 2.53. The Labute approximate surface area is 171 Å². The smallest absolute Gasteiger partial charge is 0.339 e. The lowest BCUT2D eigenvalue weighted by atomic mass is 9.73. The van der Waals surface area contributed by atoms with Crippen molar-refractivity contribution in [3.63, 3.8) is 0 Å². The van der Waals surface area contributed by atoms with E-state index in [9.17, 15) is 14.7 Å². The van der Waals surface area contributed by atoms with Crippen molar-refractivity contribution in [3.8, 4) is 11.3 Å². The van der Waals surface area contributed by atoms with Crippen LogP contribution in [0.2, 0.25) is 0 Å². The maximum Gasteiger partial charge on any atom is 0.339 e. The molecule has 30 heavy (non-hydrogen) atoms. The van der Waals surface area contributed by atoms with Crippen molar-refractivity contribution in [2.75, 3.05) is 5.32 Å². The van der Waals surface area contributed by atoms with Crippen LogP contribution in [-0.4, -0.2) is 32.7 Å². The van der Waals surface area contributed by atoms with Gasteiger partial charge in [-0.15, -0.1) is 0 Å². The van der Waals surface area contributed by atoms with Crippen LogP contribution in [0.1, 0.15) is 41.6 Å². The van der Waals surface area contributed by atoms with E-state index in [-0.39, 0.29) is 18.7 Å². The normalized spacial score (nSPS) is 25.0. The van der Waals surface area contributed by atoms with Gasteiger partial charge in [-0.05, 0) is 31.7 Å². The Morgan fingerprint density at radius 3 is 2.63 bits per heavy atom. The molecular formula is C22H19N3O5. The van der Waals surface area contributed by atoms with Gasteiger partial charge in [0.2, 0.25) is 0 Å². The zero-order valence-corrected chi connectivity index (χ0v) is 16.0. The Morgan fingerprint density at radius 1 is 1.10 bits per heavy atom. The van der Waals surface area contributed by atoms with Crippen molar-refractivity contribution in [2.45, 2.75) is 36.9 Å². The number of rotatable bonds is 3. The van der Waals surface area contributed by atoms with Crippen LogP contribution in [0.15, 0.2) is 59.4 Å². The summed E-state index contributed by atoms with van der Waals surface area (Å²) in [5.41, 5.74) is -0.368. The molecule has 2 N–H and O–H groups in total. The molecule has 3 aromatic rings. The number of hydrogen-bond acceptors (Lipinski definition) is 7. The van der Waals surface area contributed by atoms with E-state index < -0.39 is 23.1 Å². The molecule has 0 atom stereocenters. The Balaban J connectivity index is 1.29. The van der Waals surface area contributed by atoms with Crippen molar-refractivity contribution < 1.29 is 24.0 Å². The number of anilines is 1. The number of ether oxygens (including phenoxy) is 1. The SMILES string of the molecule is O=C1OC2(CCC(O)(C(=O)Nc3cc(-c4ccccc4)on3)CC2)c2cnccc21. The van der Waals surface area contributed by atoms with Crippen LogP contribution >= 0.6 is 0 Å². The van der Waals surface area contributed by atoms with E-state index in [4.69, 9.17) is 9.26 Å². The van der Waals surface area contributed by atoms with Crippen LogP contribution in [0, 0.1) is 0 Å². The lowest BCUT2D eigenvalue weighted by molar-refractivity contribution is -0.144. The highest BCUT2D eigenvalue weighted by Crippen LogP contribution is 2.49. The largest absolute Gasteiger partial charge is 0.450 e. The summed E-state index contributed by atoms with van der Waals surface area (Å²) in [6, 6.07) is 12.6. The molecule has 1 aromatic carbocycles. The Kier molecular flexibility index (Phi) is 4.18. The third-order valence-electron chi connectivity index (χ3n) is 5.94. The number of nitrogens with one attached hydrogen (secondary N) is 1. The number of amides is 1. The first kappa shape index (κ1) is 18.5. The highest BCUT2D eigenvalue weighted by atomic mass is 16.6. The molecule has 0 unspecified atom stereocenters. The third kappa shape index (κ3) is 2.96. The summed E-state index contributed by atoms with van der Waals surface area (Å²) < 4.78 is 10.9. The topological polar surface area (TPSA) is 115 Å². The van der Waals surface area contributed by atoms with Gasteiger partial charge in [-0.25, -0.2) is 4.79 Å². The molecule has 1 fully saturated rings. The average Bonchev–Trinajstić information content (AvgIpc) is 3.35. The van der Waals surface area contributed by atoms with Gasteiger partial charge in [0.05, 0.1) is 5.56 Å². The number of hydrogen-bond donors (Lipinski definition) is 2. The minimum atomic E-state index is -1.59. The summed E-state index contributed by atoms with van der Waals surface area (Å²) in [6.07, 6.45) is 4.12. The highest BCUT2D eigenvalue weighted by molar-refractivity contribution is 5.97. The second-order valence-corrected chi connectivity index (χ2v) is 7.73. The van der Waals surface area contributed by atoms with E-state index in [1.807, 2.05) is 30.3 Å². The van der Waals surface area contributed by atoms with E-state index >= 15 is 0 Å². The van der Waals surface area contributed by atoms with Gasteiger partial charge in [-0.3, -0.25) is 9.78 Å². The molecule has 8 heteroatoms. The van der Waals surface area contributed by atoms with Crippen LogP contribution in [-0.2, 0) is 15.1 Å². The first-order valence-electron chi connectivity index (χ1n) is 9.73. The number of carbonyl (C=O) groups excluding carboxylic acids is 2. The lowest BCUT2D eigenvalue weighted by Crippen LogP contribution is -2.49. The maximum atomic E-state index is 12.8. The number of nitrogens with zero attached hydrogens (tertiary/aromatic N) is 2. The first-order valence-corrected chi connectivity index (χ1v) is 9.73. The molecule has 0 saturated heterocycles. The van der Waals surface area contributed by atoms with Crippen LogP contribution in [0.25, 0.3) is 11.3 Å². The zero-order valence-electron chi connectivity index (χ0n) is 16.0. The molecule has 0 bridgehead atoms. The summed E-state index contributed by atoms with van der Waals surface area (Å²) in [5.74, 6) is -0.198. The zero-order chi connectivity index (χ0) is 20.8. The minimum Gasteiger partial charge on any atom is -0.450 e. The van der Waals surface area contributed by atoms with Crippen molar-refractivity contribution >= 4 is 17.7 Å². The van der Waals surface area contributed by atoms with Crippen LogP contribution < -0.4 is 5.32 Å². The minimum absolute atomic E-state index is 0.143. The van der Waals surface area contributed by atoms with E-state index in [1.165, 1.54) is 0 Å². The third-order valence-corrected chi connectivity index (χ3v) is 5.94. The quantitative estimate of drug-likeness (QED) is 0.644. The second-order valence-electron chi connectivity index (χ2n) is 7.73. The average molecular weight is 405 g/mol. The molecule has 1 aliphatic heterocycles. The van der Waals surface area contributed by atoms with Gasteiger partial charge in [0.1, 0.15) is 11.2 Å². The number of aromatic nitrogens is 2. The molecule has 1 saturated carbocycles. The molecule has 1 aliphatic carbocycles.